The fourth-order valence-corrected chi connectivity index (χ4v) is 6.71. The number of carbonyl (C=O) groups excluding carboxylic acids is 1. The average molecular weight is 664 g/mol. The van der Waals surface area contributed by atoms with Crippen LogP contribution in [0.25, 0.3) is 0 Å². The molecule has 47 heavy (non-hydrogen) atoms. The molecule has 0 radical (unpaired) electrons. The quantitative estimate of drug-likeness (QED) is 0.0453. The van der Waals surface area contributed by atoms with Crippen LogP contribution in [0.5, 0.6) is 0 Å². The van der Waals surface area contributed by atoms with E-state index < -0.39 is 12.1 Å². The molecule has 0 saturated heterocycles. The van der Waals surface area contributed by atoms with Crippen molar-refractivity contribution in [3.05, 3.63) is 12.2 Å². The van der Waals surface area contributed by atoms with E-state index in [4.69, 9.17) is 0 Å². The molecule has 280 valence electrons. The number of aliphatic hydroxyl groups excluding tert-OH is 2. The highest BCUT2D eigenvalue weighted by Gasteiger charge is 2.19. The van der Waals surface area contributed by atoms with E-state index in [2.05, 4.69) is 31.3 Å². The van der Waals surface area contributed by atoms with E-state index in [-0.39, 0.29) is 12.5 Å². The summed E-state index contributed by atoms with van der Waals surface area (Å²) in [6.45, 7) is 4.31. The van der Waals surface area contributed by atoms with E-state index in [1.165, 1.54) is 186 Å². The second-order valence-electron chi connectivity index (χ2n) is 14.8. The van der Waals surface area contributed by atoms with Gasteiger partial charge in [-0.15, -0.1) is 0 Å². The monoisotopic (exact) mass is 664 g/mol. The Morgan fingerprint density at radius 1 is 0.489 bits per heavy atom. The molecule has 0 aromatic heterocycles. The zero-order chi connectivity index (χ0) is 34.3. The molecule has 0 aliphatic carbocycles. The van der Waals surface area contributed by atoms with Crippen LogP contribution in [0.4, 0.5) is 0 Å². The van der Waals surface area contributed by atoms with Gasteiger partial charge in [0.05, 0.1) is 18.8 Å². The van der Waals surface area contributed by atoms with Gasteiger partial charge >= 0.3 is 0 Å². The van der Waals surface area contributed by atoms with Crippen molar-refractivity contribution in [1.29, 1.82) is 0 Å². The SMILES string of the molecule is CCCCCCCCCC/C=C\CCCCCCCCCCCCCCCCCCCC(=O)NC(CO)C(O)CCCCCCCC. The van der Waals surface area contributed by atoms with Crippen LogP contribution in [-0.4, -0.2) is 34.9 Å². The molecule has 4 heteroatoms. The highest BCUT2D eigenvalue weighted by molar-refractivity contribution is 5.76. The molecule has 4 nitrogen and oxygen atoms in total. The lowest BCUT2D eigenvalue weighted by Crippen LogP contribution is -2.45. The number of hydrogen-bond acceptors (Lipinski definition) is 3. The molecule has 0 aromatic rings. The van der Waals surface area contributed by atoms with Gasteiger partial charge in [0.1, 0.15) is 0 Å². The maximum absolute atomic E-state index is 12.3. The Bertz CT molecular complexity index is 637. The third-order valence-corrected chi connectivity index (χ3v) is 10.0. The molecule has 0 rings (SSSR count). The number of aliphatic hydroxyl groups is 2. The summed E-state index contributed by atoms with van der Waals surface area (Å²) in [5.41, 5.74) is 0. The number of nitrogens with one attached hydrogen (secondary N) is 1. The largest absolute Gasteiger partial charge is 0.394 e. The molecule has 1 amide bonds. The van der Waals surface area contributed by atoms with Crippen molar-refractivity contribution in [1.82, 2.24) is 5.32 Å². The van der Waals surface area contributed by atoms with Gasteiger partial charge in [-0.05, 0) is 38.5 Å². The summed E-state index contributed by atoms with van der Waals surface area (Å²) >= 11 is 0. The molecule has 0 aliphatic rings. The Labute approximate surface area is 295 Å². The van der Waals surface area contributed by atoms with E-state index in [1.807, 2.05) is 0 Å². The van der Waals surface area contributed by atoms with Crippen molar-refractivity contribution in [2.75, 3.05) is 6.61 Å². The Hall–Kier alpha value is -0.870. The number of unbranched alkanes of at least 4 members (excludes halogenated alkanes) is 30. The number of allylic oxidation sites excluding steroid dienone is 2. The molecule has 0 heterocycles. The van der Waals surface area contributed by atoms with Gasteiger partial charge in [-0.25, -0.2) is 0 Å². The first kappa shape index (κ1) is 46.1. The maximum atomic E-state index is 12.3. The van der Waals surface area contributed by atoms with Gasteiger partial charge in [-0.1, -0.05) is 206 Å². The van der Waals surface area contributed by atoms with Crippen LogP contribution in [0.3, 0.4) is 0 Å². The molecule has 0 bridgehead atoms. The molecule has 0 aromatic carbocycles. The van der Waals surface area contributed by atoms with Crippen LogP contribution in [0.2, 0.25) is 0 Å². The first-order chi connectivity index (χ1) is 23.2. The lowest BCUT2D eigenvalue weighted by Gasteiger charge is -2.22. The molecule has 0 aliphatic heterocycles. The summed E-state index contributed by atoms with van der Waals surface area (Å²) in [7, 11) is 0. The third kappa shape index (κ3) is 36.2. The Morgan fingerprint density at radius 3 is 1.17 bits per heavy atom. The molecular formula is C43H85NO3. The van der Waals surface area contributed by atoms with Crippen molar-refractivity contribution in [2.24, 2.45) is 0 Å². The zero-order valence-corrected chi connectivity index (χ0v) is 32.1. The first-order valence-corrected chi connectivity index (χ1v) is 21.4. The second-order valence-corrected chi connectivity index (χ2v) is 14.8. The minimum Gasteiger partial charge on any atom is -0.394 e. The Kier molecular flexibility index (Phi) is 38.8. The van der Waals surface area contributed by atoms with E-state index in [0.717, 1.165) is 25.7 Å². The summed E-state index contributed by atoms with van der Waals surface area (Å²) in [4.78, 5) is 12.3. The topological polar surface area (TPSA) is 69.6 Å². The predicted molar refractivity (Wildman–Crippen MR) is 207 cm³/mol. The standard InChI is InChI=1S/C43H85NO3/c1-3-5-7-9-11-12-13-14-15-16-17-18-19-20-21-22-23-24-25-26-27-28-29-30-31-32-33-35-37-39-43(47)44-41(40-45)42(46)38-36-34-10-8-6-4-2/h16-17,41-42,45-46H,3-15,18-40H2,1-2H3,(H,44,47)/b17-16-. The summed E-state index contributed by atoms with van der Waals surface area (Å²) in [5.74, 6) is -0.0336. The number of rotatable bonds is 39. The lowest BCUT2D eigenvalue weighted by molar-refractivity contribution is -0.123. The molecule has 3 N–H and O–H groups in total. The van der Waals surface area contributed by atoms with Crippen molar-refractivity contribution in [2.45, 2.75) is 251 Å². The maximum Gasteiger partial charge on any atom is 0.220 e. The lowest BCUT2D eigenvalue weighted by atomic mass is 10.0. The zero-order valence-electron chi connectivity index (χ0n) is 32.1. The van der Waals surface area contributed by atoms with Gasteiger partial charge in [0.25, 0.3) is 0 Å². The van der Waals surface area contributed by atoms with Gasteiger partial charge in [0, 0.05) is 6.42 Å². The van der Waals surface area contributed by atoms with E-state index >= 15 is 0 Å². The Morgan fingerprint density at radius 2 is 0.809 bits per heavy atom. The highest BCUT2D eigenvalue weighted by Crippen LogP contribution is 2.16. The van der Waals surface area contributed by atoms with Crippen LogP contribution in [-0.2, 0) is 4.79 Å². The van der Waals surface area contributed by atoms with Gasteiger partial charge in [-0.2, -0.15) is 0 Å². The fourth-order valence-electron chi connectivity index (χ4n) is 6.71. The van der Waals surface area contributed by atoms with Gasteiger partial charge in [0.2, 0.25) is 5.91 Å². The van der Waals surface area contributed by atoms with Crippen molar-refractivity contribution in [3.63, 3.8) is 0 Å². The molecular weight excluding hydrogens is 578 g/mol. The van der Waals surface area contributed by atoms with E-state index in [9.17, 15) is 15.0 Å². The minimum absolute atomic E-state index is 0.0336. The molecule has 2 atom stereocenters. The van der Waals surface area contributed by atoms with Crippen molar-refractivity contribution >= 4 is 5.91 Å². The second kappa shape index (κ2) is 39.6. The average Bonchev–Trinajstić information content (AvgIpc) is 3.07. The normalized spacial score (nSPS) is 13.0. The Balaban J connectivity index is 3.35. The summed E-state index contributed by atoms with van der Waals surface area (Å²) in [6.07, 6.45) is 49.0. The molecule has 2 unspecified atom stereocenters. The predicted octanol–water partition coefficient (Wildman–Crippen LogP) is 13.1. The number of hydrogen-bond donors (Lipinski definition) is 3. The summed E-state index contributed by atoms with van der Waals surface area (Å²) in [5, 5.41) is 22.8. The third-order valence-electron chi connectivity index (χ3n) is 10.0. The van der Waals surface area contributed by atoms with E-state index in [1.54, 1.807) is 0 Å². The van der Waals surface area contributed by atoms with Crippen LogP contribution in [0, 0.1) is 0 Å². The minimum atomic E-state index is -0.651. The number of carbonyl (C=O) groups is 1. The van der Waals surface area contributed by atoms with Gasteiger partial charge in [-0.3, -0.25) is 4.79 Å². The highest BCUT2D eigenvalue weighted by atomic mass is 16.3. The molecule has 0 spiro atoms. The van der Waals surface area contributed by atoms with E-state index in [0.29, 0.717) is 12.8 Å². The van der Waals surface area contributed by atoms with Gasteiger partial charge in [0.15, 0.2) is 0 Å². The van der Waals surface area contributed by atoms with Crippen LogP contribution in [0.1, 0.15) is 239 Å². The van der Waals surface area contributed by atoms with Crippen molar-refractivity contribution < 1.29 is 15.0 Å². The molecule has 0 fully saturated rings. The van der Waals surface area contributed by atoms with Crippen LogP contribution in [0.15, 0.2) is 12.2 Å². The summed E-state index contributed by atoms with van der Waals surface area (Å²) < 4.78 is 0. The first-order valence-electron chi connectivity index (χ1n) is 21.4. The smallest absolute Gasteiger partial charge is 0.220 e. The van der Waals surface area contributed by atoms with Crippen LogP contribution >= 0.6 is 0 Å². The van der Waals surface area contributed by atoms with Gasteiger partial charge < -0.3 is 15.5 Å². The van der Waals surface area contributed by atoms with Crippen LogP contribution < -0.4 is 5.32 Å². The van der Waals surface area contributed by atoms with Crippen molar-refractivity contribution in [3.8, 4) is 0 Å². The molecule has 0 saturated carbocycles. The fraction of sp³-hybridized carbons (Fsp3) is 0.930. The number of amides is 1. The summed E-state index contributed by atoms with van der Waals surface area (Å²) in [6, 6.07) is -0.528.